The van der Waals surface area contributed by atoms with Gasteiger partial charge in [-0.3, -0.25) is 14.7 Å². The van der Waals surface area contributed by atoms with Crippen LogP contribution in [0.4, 0.5) is 5.69 Å². The number of aromatic nitrogens is 1. The molecule has 0 radical (unpaired) electrons. The Hall–Kier alpha value is -2.17. The zero-order valence-corrected chi connectivity index (χ0v) is 16.0. The molecular formula is C20H30N6O. The number of rotatable bonds is 7. The number of anilines is 1. The molecule has 7 nitrogen and oxygen atoms in total. The van der Waals surface area contributed by atoms with Gasteiger partial charge in [0.25, 0.3) is 0 Å². The molecule has 0 aliphatic carbocycles. The number of nitrogens with zero attached hydrogens (tertiary/aromatic N) is 5. The Morgan fingerprint density at radius 2 is 1.96 bits per heavy atom. The van der Waals surface area contributed by atoms with Gasteiger partial charge in [0, 0.05) is 50.8 Å². The summed E-state index contributed by atoms with van der Waals surface area (Å²) in [5.74, 6) is -0.0509. The van der Waals surface area contributed by atoms with Crippen molar-refractivity contribution in [2.75, 3.05) is 44.2 Å². The maximum Gasteiger partial charge on any atom is 0.240 e. The summed E-state index contributed by atoms with van der Waals surface area (Å²) in [6.07, 6.45) is 8.06. The fourth-order valence-corrected chi connectivity index (χ4v) is 3.99. The van der Waals surface area contributed by atoms with Crippen LogP contribution in [0.5, 0.6) is 0 Å². The van der Waals surface area contributed by atoms with Crippen molar-refractivity contribution >= 4 is 11.6 Å². The Labute approximate surface area is 161 Å². The zero-order valence-electron chi connectivity index (χ0n) is 16.0. The van der Waals surface area contributed by atoms with Crippen LogP contribution >= 0.6 is 0 Å². The first-order valence-electron chi connectivity index (χ1n) is 10.0. The molecule has 2 atom stereocenters. The van der Waals surface area contributed by atoms with Crippen LogP contribution in [0.15, 0.2) is 24.5 Å². The van der Waals surface area contributed by atoms with Gasteiger partial charge >= 0.3 is 0 Å². The highest BCUT2D eigenvalue weighted by Crippen LogP contribution is 2.18. The minimum atomic E-state index is -0.470. The van der Waals surface area contributed by atoms with Crippen molar-refractivity contribution in [1.82, 2.24) is 14.8 Å². The SMILES string of the molecule is N#C[C@@H]1CCCN1C(=O)[C@@H](N)CCCCN1CCN(c2ccncc2)CC1. The van der Waals surface area contributed by atoms with Crippen LogP contribution in [0.25, 0.3) is 0 Å². The number of nitriles is 1. The molecule has 3 heterocycles. The Morgan fingerprint density at radius 3 is 2.67 bits per heavy atom. The van der Waals surface area contributed by atoms with Crippen LogP contribution in [0.3, 0.4) is 0 Å². The fourth-order valence-electron chi connectivity index (χ4n) is 3.99. The lowest BCUT2D eigenvalue weighted by atomic mass is 10.1. The number of pyridine rings is 1. The number of unbranched alkanes of at least 4 members (excludes halogenated alkanes) is 1. The van der Waals surface area contributed by atoms with Crippen LogP contribution in [-0.4, -0.2) is 72.0 Å². The number of likely N-dealkylation sites (tertiary alicyclic amines) is 1. The Kier molecular flexibility index (Phi) is 7.02. The van der Waals surface area contributed by atoms with E-state index in [2.05, 4.69) is 33.0 Å². The standard InChI is InChI=1S/C20H30N6O/c21-16-18-4-3-11-26(18)20(27)19(22)5-1-2-10-24-12-14-25(15-13-24)17-6-8-23-9-7-17/h6-9,18-19H,1-5,10-15,22H2/t18-,19-/m0/s1. The highest BCUT2D eigenvalue weighted by molar-refractivity contribution is 5.82. The van der Waals surface area contributed by atoms with Gasteiger partial charge in [-0.15, -0.1) is 0 Å². The second kappa shape index (κ2) is 9.67. The van der Waals surface area contributed by atoms with Gasteiger partial charge in [0.05, 0.1) is 12.1 Å². The molecule has 0 bridgehead atoms. The summed E-state index contributed by atoms with van der Waals surface area (Å²) in [6.45, 7) is 5.91. The molecule has 2 fully saturated rings. The summed E-state index contributed by atoms with van der Waals surface area (Å²) in [4.78, 5) is 23.0. The molecule has 2 aliphatic heterocycles. The van der Waals surface area contributed by atoms with E-state index in [4.69, 9.17) is 11.0 Å². The van der Waals surface area contributed by atoms with Gasteiger partial charge in [-0.05, 0) is 44.4 Å². The molecule has 1 amide bonds. The van der Waals surface area contributed by atoms with Gasteiger partial charge < -0.3 is 15.5 Å². The van der Waals surface area contributed by atoms with E-state index in [1.165, 1.54) is 5.69 Å². The lowest BCUT2D eigenvalue weighted by molar-refractivity contribution is -0.132. The van der Waals surface area contributed by atoms with E-state index >= 15 is 0 Å². The molecule has 2 N–H and O–H groups in total. The molecule has 0 unspecified atom stereocenters. The molecule has 146 valence electrons. The normalized spacial score (nSPS) is 21.9. The monoisotopic (exact) mass is 370 g/mol. The number of nitrogens with two attached hydrogens (primary N) is 1. The van der Waals surface area contributed by atoms with Crippen molar-refractivity contribution in [1.29, 1.82) is 5.26 Å². The lowest BCUT2D eigenvalue weighted by Gasteiger charge is -2.36. The molecule has 2 saturated heterocycles. The average molecular weight is 371 g/mol. The summed E-state index contributed by atoms with van der Waals surface area (Å²) in [5.41, 5.74) is 7.33. The number of hydrogen-bond donors (Lipinski definition) is 1. The molecule has 27 heavy (non-hydrogen) atoms. The van der Waals surface area contributed by atoms with Crippen LogP contribution < -0.4 is 10.6 Å². The Balaban J connectivity index is 1.31. The zero-order chi connectivity index (χ0) is 19.1. The van der Waals surface area contributed by atoms with Crippen molar-refractivity contribution in [2.45, 2.75) is 44.2 Å². The predicted molar refractivity (Wildman–Crippen MR) is 105 cm³/mol. The average Bonchev–Trinajstić information content (AvgIpc) is 3.20. The third-order valence-corrected chi connectivity index (χ3v) is 5.64. The van der Waals surface area contributed by atoms with Crippen molar-refractivity contribution in [3.8, 4) is 6.07 Å². The molecule has 0 saturated carbocycles. The van der Waals surface area contributed by atoms with Crippen LogP contribution in [-0.2, 0) is 4.79 Å². The lowest BCUT2D eigenvalue weighted by Crippen LogP contribution is -2.47. The summed E-state index contributed by atoms with van der Waals surface area (Å²) >= 11 is 0. The molecular weight excluding hydrogens is 340 g/mol. The number of carbonyl (C=O) groups is 1. The van der Waals surface area contributed by atoms with Gasteiger partial charge in [0.15, 0.2) is 0 Å². The largest absolute Gasteiger partial charge is 0.369 e. The predicted octanol–water partition coefficient (Wildman–Crippen LogP) is 1.22. The van der Waals surface area contributed by atoms with E-state index in [0.717, 1.165) is 58.4 Å². The van der Waals surface area contributed by atoms with Gasteiger partial charge in [0.2, 0.25) is 5.91 Å². The summed E-state index contributed by atoms with van der Waals surface area (Å²) in [6, 6.07) is 5.58. The Bertz CT molecular complexity index is 638. The number of carbonyl (C=O) groups excluding carboxylic acids is 1. The quantitative estimate of drug-likeness (QED) is 0.726. The van der Waals surface area contributed by atoms with Gasteiger partial charge in [-0.25, -0.2) is 0 Å². The maximum absolute atomic E-state index is 12.4. The maximum atomic E-state index is 12.4. The Morgan fingerprint density at radius 1 is 1.22 bits per heavy atom. The van der Waals surface area contributed by atoms with E-state index in [1.807, 2.05) is 12.4 Å². The first kappa shape index (κ1) is 19.6. The summed E-state index contributed by atoms with van der Waals surface area (Å²) in [5, 5.41) is 9.12. The van der Waals surface area contributed by atoms with Crippen molar-refractivity contribution in [3.05, 3.63) is 24.5 Å². The molecule has 7 heteroatoms. The molecule has 1 aromatic rings. The first-order chi connectivity index (χ1) is 13.2. The third-order valence-electron chi connectivity index (χ3n) is 5.64. The van der Waals surface area contributed by atoms with E-state index < -0.39 is 6.04 Å². The van der Waals surface area contributed by atoms with Gasteiger partial charge in [-0.1, -0.05) is 6.42 Å². The minimum absolute atomic E-state index is 0.0509. The van der Waals surface area contributed by atoms with Crippen molar-refractivity contribution in [3.63, 3.8) is 0 Å². The van der Waals surface area contributed by atoms with E-state index in [9.17, 15) is 4.79 Å². The van der Waals surface area contributed by atoms with Crippen LogP contribution in [0, 0.1) is 11.3 Å². The van der Waals surface area contributed by atoms with Crippen molar-refractivity contribution in [2.24, 2.45) is 5.73 Å². The molecule has 0 spiro atoms. The van der Waals surface area contributed by atoms with Crippen molar-refractivity contribution < 1.29 is 4.79 Å². The second-order valence-electron chi connectivity index (χ2n) is 7.46. The second-order valence-corrected chi connectivity index (χ2v) is 7.46. The van der Waals surface area contributed by atoms with E-state index in [-0.39, 0.29) is 11.9 Å². The topological polar surface area (TPSA) is 89.5 Å². The molecule has 2 aliphatic rings. The van der Waals surface area contributed by atoms with E-state index in [1.54, 1.807) is 4.90 Å². The third kappa shape index (κ3) is 5.18. The minimum Gasteiger partial charge on any atom is -0.369 e. The molecule has 1 aromatic heterocycles. The highest BCUT2D eigenvalue weighted by atomic mass is 16.2. The fraction of sp³-hybridized carbons (Fsp3) is 0.650. The summed E-state index contributed by atoms with van der Waals surface area (Å²) in [7, 11) is 0. The summed E-state index contributed by atoms with van der Waals surface area (Å²) < 4.78 is 0. The number of hydrogen-bond acceptors (Lipinski definition) is 6. The van der Waals surface area contributed by atoms with Crippen LogP contribution in [0.1, 0.15) is 32.1 Å². The molecule has 3 rings (SSSR count). The van der Waals surface area contributed by atoms with E-state index in [0.29, 0.717) is 13.0 Å². The number of piperazine rings is 1. The first-order valence-corrected chi connectivity index (χ1v) is 10.0. The smallest absolute Gasteiger partial charge is 0.240 e. The number of amides is 1. The molecule has 0 aromatic carbocycles. The van der Waals surface area contributed by atoms with Gasteiger partial charge in [-0.2, -0.15) is 5.26 Å². The highest BCUT2D eigenvalue weighted by Gasteiger charge is 2.31. The van der Waals surface area contributed by atoms with Crippen LogP contribution in [0.2, 0.25) is 0 Å². The van der Waals surface area contributed by atoms with Gasteiger partial charge in [0.1, 0.15) is 6.04 Å².